The van der Waals surface area contributed by atoms with Gasteiger partial charge in [0.1, 0.15) is 0 Å². The second-order valence-electron chi connectivity index (χ2n) is 4.70. The Hall–Kier alpha value is -1.39. The van der Waals surface area contributed by atoms with Crippen LogP contribution in [0, 0.1) is 13.8 Å². The fourth-order valence-corrected chi connectivity index (χ4v) is 2.83. The molecule has 1 amide bonds. The van der Waals surface area contributed by atoms with Crippen LogP contribution < -0.4 is 5.32 Å². The Bertz CT molecular complexity index is 610. The van der Waals surface area contributed by atoms with Crippen molar-refractivity contribution in [3.63, 3.8) is 0 Å². The summed E-state index contributed by atoms with van der Waals surface area (Å²) in [4.78, 5) is 16.1. The number of rotatable bonds is 5. The van der Waals surface area contributed by atoms with Gasteiger partial charge in [-0.3, -0.25) is 4.79 Å². The number of anilines is 1. The summed E-state index contributed by atoms with van der Waals surface area (Å²) >= 11 is 7.01. The second-order valence-corrected chi connectivity index (χ2v) is 5.93. The van der Waals surface area contributed by atoms with E-state index in [0.717, 1.165) is 11.3 Å². The number of alkyl halides is 1. The molecule has 3 nitrogen and oxygen atoms in total. The van der Waals surface area contributed by atoms with Crippen molar-refractivity contribution in [2.45, 2.75) is 26.7 Å². The van der Waals surface area contributed by atoms with Crippen LogP contribution in [0.3, 0.4) is 0 Å². The average Bonchev–Trinajstić information content (AvgIpc) is 2.84. The van der Waals surface area contributed by atoms with E-state index in [1.54, 1.807) is 0 Å². The fourth-order valence-electron chi connectivity index (χ4n) is 1.96. The van der Waals surface area contributed by atoms with Gasteiger partial charge >= 0.3 is 0 Å². The maximum atomic E-state index is 11.6. The molecule has 0 aliphatic rings. The largest absolute Gasteiger partial charge is 0.302 e. The van der Waals surface area contributed by atoms with E-state index in [2.05, 4.69) is 42.3 Å². The predicted molar refractivity (Wildman–Crippen MR) is 85.6 cm³/mol. The van der Waals surface area contributed by atoms with Crippen LogP contribution >= 0.6 is 22.9 Å². The van der Waals surface area contributed by atoms with Crippen LogP contribution in [-0.4, -0.2) is 16.8 Å². The first-order valence-corrected chi connectivity index (χ1v) is 7.90. The van der Waals surface area contributed by atoms with Gasteiger partial charge in [-0.2, -0.15) is 0 Å². The van der Waals surface area contributed by atoms with E-state index < -0.39 is 0 Å². The number of carbonyl (C=O) groups is 1. The number of nitrogens with zero attached hydrogens (tertiary/aromatic N) is 1. The average molecular weight is 309 g/mol. The number of amides is 1. The lowest BCUT2D eigenvalue weighted by molar-refractivity contribution is -0.116. The molecule has 0 unspecified atom stereocenters. The van der Waals surface area contributed by atoms with Gasteiger partial charge in [0.15, 0.2) is 5.13 Å². The molecule has 0 atom stereocenters. The van der Waals surface area contributed by atoms with Gasteiger partial charge in [-0.05, 0) is 25.8 Å². The van der Waals surface area contributed by atoms with Crippen molar-refractivity contribution in [1.82, 2.24) is 4.98 Å². The van der Waals surface area contributed by atoms with Crippen molar-refractivity contribution in [3.8, 4) is 11.3 Å². The summed E-state index contributed by atoms with van der Waals surface area (Å²) in [5, 5.41) is 5.41. The summed E-state index contributed by atoms with van der Waals surface area (Å²) in [6, 6.07) is 6.27. The van der Waals surface area contributed by atoms with Crippen LogP contribution in [-0.2, 0) is 4.79 Å². The third-order valence-corrected chi connectivity index (χ3v) is 3.97. The van der Waals surface area contributed by atoms with Crippen LogP contribution in [0.15, 0.2) is 23.6 Å². The number of thiazole rings is 1. The summed E-state index contributed by atoms with van der Waals surface area (Å²) < 4.78 is 0. The SMILES string of the molecule is Cc1ccc(-c2csc(NC(=O)CCCCl)n2)c(C)c1. The van der Waals surface area contributed by atoms with E-state index in [1.165, 1.54) is 22.5 Å². The highest BCUT2D eigenvalue weighted by molar-refractivity contribution is 7.14. The maximum Gasteiger partial charge on any atom is 0.226 e. The van der Waals surface area contributed by atoms with Crippen molar-refractivity contribution >= 4 is 34.0 Å². The summed E-state index contributed by atoms with van der Waals surface area (Å²) in [6.45, 7) is 4.14. The summed E-state index contributed by atoms with van der Waals surface area (Å²) in [6.07, 6.45) is 1.12. The summed E-state index contributed by atoms with van der Waals surface area (Å²) in [7, 11) is 0. The monoisotopic (exact) mass is 308 g/mol. The van der Waals surface area contributed by atoms with Gasteiger partial charge in [-0.1, -0.05) is 23.8 Å². The minimum absolute atomic E-state index is 0.0350. The van der Waals surface area contributed by atoms with Gasteiger partial charge in [0.25, 0.3) is 0 Å². The van der Waals surface area contributed by atoms with Crippen molar-refractivity contribution in [3.05, 3.63) is 34.7 Å². The summed E-state index contributed by atoms with van der Waals surface area (Å²) in [5.74, 6) is 0.464. The van der Waals surface area contributed by atoms with Crippen LogP contribution in [0.5, 0.6) is 0 Å². The number of hydrogen-bond donors (Lipinski definition) is 1. The highest BCUT2D eigenvalue weighted by atomic mass is 35.5. The third kappa shape index (κ3) is 3.81. The lowest BCUT2D eigenvalue weighted by Crippen LogP contribution is -2.10. The Kier molecular flexibility index (Phi) is 5.15. The Morgan fingerprint density at radius 3 is 2.90 bits per heavy atom. The number of benzene rings is 1. The van der Waals surface area contributed by atoms with E-state index in [0.29, 0.717) is 23.9 Å². The zero-order valence-corrected chi connectivity index (χ0v) is 13.1. The van der Waals surface area contributed by atoms with Gasteiger partial charge in [0, 0.05) is 23.2 Å². The minimum Gasteiger partial charge on any atom is -0.302 e. The first kappa shape index (κ1) is 15.0. The topological polar surface area (TPSA) is 42.0 Å². The molecule has 1 N–H and O–H groups in total. The molecule has 0 radical (unpaired) electrons. The predicted octanol–water partition coefficient (Wildman–Crippen LogP) is 4.38. The Morgan fingerprint density at radius 1 is 1.40 bits per heavy atom. The molecule has 1 aromatic heterocycles. The molecular formula is C15H17ClN2OS. The number of carbonyl (C=O) groups excluding carboxylic acids is 1. The molecule has 0 fully saturated rings. The normalized spacial score (nSPS) is 10.6. The Labute approximate surface area is 128 Å². The van der Waals surface area contributed by atoms with Crippen molar-refractivity contribution in [2.75, 3.05) is 11.2 Å². The molecule has 2 aromatic rings. The fraction of sp³-hybridized carbons (Fsp3) is 0.333. The third-order valence-electron chi connectivity index (χ3n) is 2.95. The number of halogens is 1. The molecule has 0 saturated heterocycles. The van der Waals surface area contributed by atoms with E-state index in [4.69, 9.17) is 11.6 Å². The zero-order valence-electron chi connectivity index (χ0n) is 11.6. The molecule has 106 valence electrons. The number of aryl methyl sites for hydroxylation is 2. The molecule has 0 aliphatic heterocycles. The highest BCUT2D eigenvalue weighted by Crippen LogP contribution is 2.28. The molecule has 0 bridgehead atoms. The van der Waals surface area contributed by atoms with Crippen molar-refractivity contribution < 1.29 is 4.79 Å². The van der Waals surface area contributed by atoms with Crippen LogP contribution in [0.25, 0.3) is 11.3 Å². The second kappa shape index (κ2) is 6.86. The van der Waals surface area contributed by atoms with Crippen LogP contribution in [0.1, 0.15) is 24.0 Å². The molecule has 0 spiro atoms. The lowest BCUT2D eigenvalue weighted by Gasteiger charge is -2.03. The molecule has 1 aromatic carbocycles. The quantitative estimate of drug-likeness (QED) is 0.833. The van der Waals surface area contributed by atoms with Crippen LogP contribution in [0.4, 0.5) is 5.13 Å². The van der Waals surface area contributed by atoms with E-state index in [9.17, 15) is 4.79 Å². The van der Waals surface area contributed by atoms with Gasteiger partial charge in [-0.25, -0.2) is 4.98 Å². The van der Waals surface area contributed by atoms with Gasteiger partial charge < -0.3 is 5.32 Å². The molecule has 20 heavy (non-hydrogen) atoms. The van der Waals surface area contributed by atoms with Gasteiger partial charge in [0.2, 0.25) is 5.91 Å². The standard InChI is InChI=1S/C15H17ClN2OS/c1-10-5-6-12(11(2)8-10)13-9-20-15(17-13)18-14(19)4-3-7-16/h5-6,8-9H,3-4,7H2,1-2H3,(H,17,18,19). The van der Waals surface area contributed by atoms with Gasteiger partial charge in [0.05, 0.1) is 5.69 Å². The highest BCUT2D eigenvalue weighted by Gasteiger charge is 2.09. The molecule has 1 heterocycles. The smallest absolute Gasteiger partial charge is 0.226 e. The maximum absolute atomic E-state index is 11.6. The first-order chi connectivity index (χ1) is 9.60. The van der Waals surface area contributed by atoms with E-state index in [1.807, 2.05) is 5.38 Å². The Morgan fingerprint density at radius 2 is 2.20 bits per heavy atom. The van der Waals surface area contributed by atoms with E-state index >= 15 is 0 Å². The van der Waals surface area contributed by atoms with Crippen LogP contribution in [0.2, 0.25) is 0 Å². The zero-order chi connectivity index (χ0) is 14.5. The molecular weight excluding hydrogens is 292 g/mol. The number of aromatic nitrogens is 1. The molecule has 0 aliphatic carbocycles. The molecule has 5 heteroatoms. The van der Waals surface area contributed by atoms with E-state index in [-0.39, 0.29) is 5.91 Å². The number of nitrogens with one attached hydrogen (secondary N) is 1. The van der Waals surface area contributed by atoms with Crippen molar-refractivity contribution in [2.24, 2.45) is 0 Å². The summed E-state index contributed by atoms with van der Waals surface area (Å²) in [5.41, 5.74) is 4.43. The minimum atomic E-state index is -0.0350. The molecule has 2 rings (SSSR count). The van der Waals surface area contributed by atoms with Crippen molar-refractivity contribution in [1.29, 1.82) is 0 Å². The van der Waals surface area contributed by atoms with Gasteiger partial charge in [-0.15, -0.1) is 22.9 Å². The lowest BCUT2D eigenvalue weighted by atomic mass is 10.0. The first-order valence-electron chi connectivity index (χ1n) is 6.49. The Balaban J connectivity index is 2.10. The molecule has 0 saturated carbocycles. The number of hydrogen-bond acceptors (Lipinski definition) is 3.